The Kier molecular flexibility index (Phi) is 3.16. The number of nitrogens with zero attached hydrogens (tertiary/aromatic N) is 2. The van der Waals surface area contributed by atoms with Gasteiger partial charge in [-0.3, -0.25) is 19.8 Å². The lowest BCUT2D eigenvalue weighted by molar-refractivity contribution is -0.385. The van der Waals surface area contributed by atoms with Gasteiger partial charge >= 0.3 is 6.03 Å². The standard InChI is InChI=1S/C17H19N3O4/c1-10-11(3-2-4-14(10)20(23)24)9-19-15(21)17(12-5-6-12,13-7-8-13)18-16(19)22/h2-4,12-13H,5-9H2,1H3,(H,18,22). The molecule has 126 valence electrons. The van der Waals surface area contributed by atoms with Gasteiger partial charge in [0.2, 0.25) is 0 Å². The van der Waals surface area contributed by atoms with Crippen molar-refractivity contribution in [2.45, 2.75) is 44.7 Å². The molecular formula is C17H19N3O4. The van der Waals surface area contributed by atoms with Crippen LogP contribution in [0.4, 0.5) is 10.5 Å². The molecule has 0 radical (unpaired) electrons. The molecule has 3 aliphatic rings. The summed E-state index contributed by atoms with van der Waals surface area (Å²) in [4.78, 5) is 37.4. The molecular weight excluding hydrogens is 310 g/mol. The maximum absolute atomic E-state index is 13.0. The number of benzene rings is 1. The monoisotopic (exact) mass is 329 g/mol. The van der Waals surface area contributed by atoms with E-state index in [-0.39, 0.29) is 36.0 Å². The number of hydrogen-bond donors (Lipinski definition) is 1. The quantitative estimate of drug-likeness (QED) is 0.510. The normalized spacial score (nSPS) is 22.6. The summed E-state index contributed by atoms with van der Waals surface area (Å²) >= 11 is 0. The summed E-state index contributed by atoms with van der Waals surface area (Å²) < 4.78 is 0. The Balaban J connectivity index is 1.64. The summed E-state index contributed by atoms with van der Waals surface area (Å²) in [6, 6.07) is 4.39. The highest BCUT2D eigenvalue weighted by Gasteiger charge is 2.65. The lowest BCUT2D eigenvalue weighted by Crippen LogP contribution is -2.51. The average molecular weight is 329 g/mol. The van der Waals surface area contributed by atoms with Crippen molar-refractivity contribution >= 4 is 17.6 Å². The number of rotatable bonds is 5. The van der Waals surface area contributed by atoms with Crippen LogP contribution >= 0.6 is 0 Å². The lowest BCUT2D eigenvalue weighted by Gasteiger charge is -2.26. The van der Waals surface area contributed by atoms with E-state index in [2.05, 4.69) is 5.32 Å². The first-order chi connectivity index (χ1) is 11.4. The van der Waals surface area contributed by atoms with Crippen LogP contribution in [-0.4, -0.2) is 27.3 Å². The molecule has 0 atom stereocenters. The van der Waals surface area contributed by atoms with Gasteiger partial charge in [0.15, 0.2) is 0 Å². The molecule has 7 heteroatoms. The van der Waals surface area contributed by atoms with Gasteiger partial charge in [-0.05, 0) is 50.0 Å². The van der Waals surface area contributed by atoms with Gasteiger partial charge in [0.05, 0.1) is 11.5 Å². The lowest BCUT2D eigenvalue weighted by atomic mass is 9.87. The van der Waals surface area contributed by atoms with Crippen LogP contribution in [0.1, 0.15) is 36.8 Å². The van der Waals surface area contributed by atoms with Gasteiger partial charge < -0.3 is 5.32 Å². The first-order valence-electron chi connectivity index (χ1n) is 8.32. The summed E-state index contributed by atoms with van der Waals surface area (Å²) in [7, 11) is 0. The van der Waals surface area contributed by atoms with Gasteiger partial charge in [-0.1, -0.05) is 12.1 Å². The predicted octanol–water partition coefficient (Wildman–Crippen LogP) is 2.51. The van der Waals surface area contributed by atoms with Crippen molar-refractivity contribution in [3.8, 4) is 0 Å². The van der Waals surface area contributed by atoms with Gasteiger partial charge in [0.1, 0.15) is 5.54 Å². The van der Waals surface area contributed by atoms with Crippen LogP contribution in [0.15, 0.2) is 18.2 Å². The second-order valence-electron chi connectivity index (χ2n) is 7.06. The number of nitro groups is 1. The van der Waals surface area contributed by atoms with Crippen molar-refractivity contribution in [2.75, 3.05) is 0 Å². The summed E-state index contributed by atoms with van der Waals surface area (Å²) in [6.45, 7) is 1.74. The van der Waals surface area contributed by atoms with Crippen molar-refractivity contribution < 1.29 is 14.5 Å². The van der Waals surface area contributed by atoms with Crippen LogP contribution in [0.2, 0.25) is 0 Å². The van der Waals surface area contributed by atoms with Crippen LogP contribution in [-0.2, 0) is 11.3 Å². The predicted molar refractivity (Wildman–Crippen MR) is 85.1 cm³/mol. The van der Waals surface area contributed by atoms with Crippen LogP contribution in [0.25, 0.3) is 0 Å². The van der Waals surface area contributed by atoms with Crippen molar-refractivity contribution in [1.82, 2.24) is 10.2 Å². The SMILES string of the molecule is Cc1c(CN2C(=O)NC(C3CC3)(C3CC3)C2=O)cccc1[N+](=O)[O-]. The Hall–Kier alpha value is -2.44. The fraction of sp³-hybridized carbons (Fsp3) is 0.529. The Morgan fingerprint density at radius 1 is 1.25 bits per heavy atom. The molecule has 3 fully saturated rings. The van der Waals surface area contributed by atoms with Crippen LogP contribution in [0.3, 0.4) is 0 Å². The van der Waals surface area contributed by atoms with Crippen molar-refractivity contribution in [1.29, 1.82) is 0 Å². The highest BCUT2D eigenvalue weighted by atomic mass is 16.6. The molecule has 1 aromatic carbocycles. The molecule has 3 amide bonds. The number of imide groups is 1. The number of amides is 3. The number of carbonyl (C=O) groups excluding carboxylic acids is 2. The number of nitro benzene ring substituents is 1. The van der Waals surface area contributed by atoms with Gasteiger partial charge in [0.25, 0.3) is 11.6 Å². The molecule has 1 aliphatic heterocycles. The van der Waals surface area contributed by atoms with E-state index >= 15 is 0 Å². The molecule has 7 nitrogen and oxygen atoms in total. The van der Waals surface area contributed by atoms with Gasteiger partial charge in [-0.15, -0.1) is 0 Å². The Morgan fingerprint density at radius 3 is 2.42 bits per heavy atom. The van der Waals surface area contributed by atoms with Crippen LogP contribution in [0.5, 0.6) is 0 Å². The number of nitrogens with one attached hydrogen (secondary N) is 1. The van der Waals surface area contributed by atoms with Gasteiger partial charge in [-0.2, -0.15) is 0 Å². The molecule has 4 rings (SSSR count). The van der Waals surface area contributed by atoms with Crippen molar-refractivity contribution in [3.63, 3.8) is 0 Å². The third kappa shape index (κ3) is 2.11. The minimum atomic E-state index is -0.717. The molecule has 24 heavy (non-hydrogen) atoms. The average Bonchev–Trinajstić information content (AvgIpc) is 3.43. The highest BCUT2D eigenvalue weighted by Crippen LogP contribution is 2.54. The third-order valence-electron chi connectivity index (χ3n) is 5.54. The second kappa shape index (κ2) is 5.03. The maximum atomic E-state index is 13.0. The number of urea groups is 1. The largest absolute Gasteiger partial charge is 0.325 e. The smallest absolute Gasteiger partial charge is 0.323 e. The first-order valence-corrected chi connectivity index (χ1v) is 8.32. The van der Waals surface area contributed by atoms with Gasteiger partial charge in [0, 0.05) is 11.6 Å². The Labute approximate surface area is 139 Å². The highest BCUT2D eigenvalue weighted by molar-refractivity contribution is 6.07. The molecule has 0 unspecified atom stereocenters. The molecule has 0 spiro atoms. The molecule has 1 saturated heterocycles. The minimum absolute atomic E-state index is 0.00945. The van der Waals surface area contributed by atoms with E-state index in [1.165, 1.54) is 11.0 Å². The van der Waals surface area contributed by atoms with Crippen molar-refractivity contribution in [2.24, 2.45) is 11.8 Å². The van der Waals surface area contributed by atoms with E-state index in [1.807, 2.05) is 0 Å². The topological polar surface area (TPSA) is 92.6 Å². The maximum Gasteiger partial charge on any atom is 0.325 e. The molecule has 0 bridgehead atoms. The summed E-state index contributed by atoms with van der Waals surface area (Å²) in [5, 5.41) is 14.1. The van der Waals surface area contributed by atoms with Gasteiger partial charge in [-0.25, -0.2) is 4.79 Å². The number of hydrogen-bond acceptors (Lipinski definition) is 4. The Bertz CT molecular complexity index is 740. The molecule has 1 N–H and O–H groups in total. The zero-order valence-corrected chi connectivity index (χ0v) is 13.4. The van der Waals surface area contributed by atoms with Crippen molar-refractivity contribution in [3.05, 3.63) is 39.4 Å². The summed E-state index contributed by atoms with van der Waals surface area (Å²) in [5.41, 5.74) is 0.426. The van der Waals surface area contributed by atoms with E-state index in [0.29, 0.717) is 11.1 Å². The fourth-order valence-electron chi connectivity index (χ4n) is 3.93. The first kappa shape index (κ1) is 15.1. The van der Waals surface area contributed by atoms with E-state index in [1.54, 1.807) is 19.1 Å². The van der Waals surface area contributed by atoms with Crippen LogP contribution < -0.4 is 5.32 Å². The molecule has 1 heterocycles. The summed E-state index contributed by atoms with van der Waals surface area (Å²) in [5.74, 6) is 0.346. The van der Waals surface area contributed by atoms with Crippen LogP contribution in [0, 0.1) is 28.9 Å². The Morgan fingerprint density at radius 2 is 1.88 bits per heavy atom. The molecule has 1 aromatic rings. The zero-order valence-electron chi connectivity index (χ0n) is 13.4. The number of carbonyl (C=O) groups is 2. The minimum Gasteiger partial charge on any atom is -0.323 e. The molecule has 2 saturated carbocycles. The van der Waals surface area contributed by atoms with E-state index in [9.17, 15) is 19.7 Å². The zero-order chi connectivity index (χ0) is 17.1. The van der Waals surface area contributed by atoms with E-state index in [0.717, 1.165) is 25.7 Å². The fourth-order valence-corrected chi connectivity index (χ4v) is 3.93. The van der Waals surface area contributed by atoms with E-state index in [4.69, 9.17) is 0 Å². The summed E-state index contributed by atoms with van der Waals surface area (Å²) in [6.07, 6.45) is 3.91. The second-order valence-corrected chi connectivity index (χ2v) is 7.06. The third-order valence-corrected chi connectivity index (χ3v) is 5.54. The van der Waals surface area contributed by atoms with E-state index < -0.39 is 10.5 Å². The molecule has 2 aliphatic carbocycles. The molecule has 0 aromatic heterocycles.